The van der Waals surface area contributed by atoms with Gasteiger partial charge in [0.05, 0.1) is 20.9 Å². The first-order chi connectivity index (χ1) is 31.5. The fourth-order valence-corrected chi connectivity index (χ4v) is 8.03. The normalized spacial score (nSPS) is 11.5. The second-order valence-corrected chi connectivity index (χ2v) is 17.3. The molecule has 8 aromatic carbocycles. The van der Waals surface area contributed by atoms with Crippen molar-refractivity contribution in [2.24, 2.45) is 20.5 Å². The number of nitrogens with zero attached hydrogens (tertiary/aromatic N) is 4. The number of rotatable bonds is 10. The van der Waals surface area contributed by atoms with Crippen LogP contribution in [0.5, 0.6) is 11.5 Å². The van der Waals surface area contributed by atoms with E-state index in [1.807, 2.05) is 12.1 Å². The Balaban J connectivity index is 0.000000218. The molecule has 0 aliphatic heterocycles. The molecule has 67 heavy (non-hydrogen) atoms. The van der Waals surface area contributed by atoms with Gasteiger partial charge in [-0.1, -0.05) is 97.1 Å². The number of carbonyl (C=O) groups is 2. The summed E-state index contributed by atoms with van der Waals surface area (Å²) in [5.41, 5.74) is 1.76. The number of para-hydroxylation sites is 2. The smallest absolute Gasteiger partial charge is 0.744 e. The molecule has 0 aromatic heterocycles. The number of anilines is 2. The molecule has 0 radical (unpaired) electrons. The van der Waals surface area contributed by atoms with Crippen LogP contribution in [0.4, 0.5) is 34.1 Å². The molecule has 0 aliphatic rings. The van der Waals surface area contributed by atoms with E-state index in [4.69, 9.17) is 0 Å². The molecule has 0 aliphatic carbocycles. The van der Waals surface area contributed by atoms with Gasteiger partial charge in [0.25, 0.3) is 11.8 Å². The monoisotopic (exact) mass is 960 g/mol. The molecule has 0 unspecified atom stereocenters. The van der Waals surface area contributed by atoms with Gasteiger partial charge in [-0.25, -0.2) is 16.8 Å². The third-order valence-corrected chi connectivity index (χ3v) is 11.6. The van der Waals surface area contributed by atoms with Gasteiger partial charge in [-0.15, -0.1) is 20.5 Å². The van der Waals surface area contributed by atoms with E-state index in [2.05, 4.69) is 31.1 Å². The van der Waals surface area contributed by atoms with E-state index in [1.54, 1.807) is 123 Å². The molecule has 4 N–H and O–H groups in total. The second-order valence-electron chi connectivity index (χ2n) is 14.6. The summed E-state index contributed by atoms with van der Waals surface area (Å²) >= 11 is 0. The number of hydrogen-bond donors (Lipinski definition) is 4. The van der Waals surface area contributed by atoms with Crippen LogP contribution in [0.2, 0.25) is 0 Å². The number of hydrogen-bond acceptors (Lipinski definition) is 14. The predicted molar refractivity (Wildman–Crippen MR) is 252 cm³/mol. The average Bonchev–Trinajstić information content (AvgIpc) is 3.29. The van der Waals surface area contributed by atoms with Crippen molar-refractivity contribution in [2.45, 2.75) is 23.6 Å². The number of benzene rings is 8. The Morgan fingerprint density at radius 1 is 0.478 bits per heavy atom. The summed E-state index contributed by atoms with van der Waals surface area (Å²) in [5.74, 6) is -1.97. The van der Waals surface area contributed by atoms with Crippen LogP contribution in [0, 0.1) is 13.8 Å². The molecular formula is C48H36CaN6O10S2. The zero-order valence-corrected chi connectivity index (χ0v) is 39.3. The van der Waals surface area contributed by atoms with Gasteiger partial charge in [0, 0.05) is 22.1 Å². The third-order valence-electron chi connectivity index (χ3n) is 9.83. The van der Waals surface area contributed by atoms with Crippen molar-refractivity contribution in [3.8, 4) is 11.5 Å². The number of nitrogens with one attached hydrogen (secondary N) is 2. The Bertz CT molecular complexity index is 3240. The van der Waals surface area contributed by atoms with Crippen molar-refractivity contribution in [3.05, 3.63) is 180 Å². The third kappa shape index (κ3) is 11.9. The van der Waals surface area contributed by atoms with Crippen LogP contribution in [0.15, 0.2) is 188 Å². The van der Waals surface area contributed by atoms with Crippen LogP contribution in [-0.2, 0) is 20.2 Å². The maximum Gasteiger partial charge on any atom is 2.00 e. The van der Waals surface area contributed by atoms with E-state index in [0.29, 0.717) is 44.0 Å². The molecule has 19 heteroatoms. The number of amides is 2. The second kappa shape index (κ2) is 21.2. The van der Waals surface area contributed by atoms with Gasteiger partial charge in [-0.05, 0) is 96.4 Å². The molecule has 2 amide bonds. The number of aromatic hydroxyl groups is 2. The van der Waals surface area contributed by atoms with Gasteiger partial charge in [-0.2, -0.15) is 0 Å². The van der Waals surface area contributed by atoms with Gasteiger partial charge in [0.1, 0.15) is 43.0 Å². The minimum absolute atomic E-state index is 0. The molecule has 0 bridgehead atoms. The Labute approximate surface area is 414 Å². The van der Waals surface area contributed by atoms with Crippen LogP contribution >= 0.6 is 0 Å². The van der Waals surface area contributed by atoms with Crippen LogP contribution in [0.1, 0.15) is 31.8 Å². The van der Waals surface area contributed by atoms with Crippen LogP contribution in [0.3, 0.4) is 0 Å². The number of phenols is 2. The maximum absolute atomic E-state index is 12.9. The average molecular weight is 961 g/mol. The van der Waals surface area contributed by atoms with Gasteiger partial charge < -0.3 is 30.0 Å². The first kappa shape index (κ1) is 49.5. The van der Waals surface area contributed by atoms with Crippen molar-refractivity contribution in [2.75, 3.05) is 10.6 Å². The van der Waals surface area contributed by atoms with Crippen molar-refractivity contribution in [1.82, 2.24) is 0 Å². The van der Waals surface area contributed by atoms with Crippen LogP contribution in [-0.4, -0.2) is 85.7 Å². The molecule has 0 saturated heterocycles. The minimum atomic E-state index is -4.80. The Morgan fingerprint density at radius 3 is 1.18 bits per heavy atom. The van der Waals surface area contributed by atoms with Crippen LogP contribution < -0.4 is 10.6 Å². The summed E-state index contributed by atoms with van der Waals surface area (Å²) in [5, 5.41) is 45.4. The van der Waals surface area contributed by atoms with E-state index in [1.165, 1.54) is 36.4 Å². The largest absolute Gasteiger partial charge is 2.00 e. The minimum Gasteiger partial charge on any atom is -0.744 e. The van der Waals surface area contributed by atoms with Crippen molar-refractivity contribution in [3.63, 3.8) is 0 Å². The van der Waals surface area contributed by atoms with E-state index in [9.17, 15) is 45.7 Å². The van der Waals surface area contributed by atoms with E-state index >= 15 is 0 Å². The molecule has 0 atom stereocenters. The van der Waals surface area contributed by atoms with E-state index < -0.39 is 53.3 Å². The SMILES string of the molecule is Cc1ccc(N=Nc2c(O)c(C(=O)Nc3ccccc3)cc3ccccc23)c(S(=O)(=O)[O-])c1.Cc1ccc(N=Nc2c(O)c(C(=O)Nc3ccccc3)cc3ccccc23)c(S(=O)(=O)[O-])c1.[Ca+2]. The van der Waals surface area contributed by atoms with Gasteiger partial charge in [-0.3, -0.25) is 9.59 Å². The zero-order chi connectivity index (χ0) is 47.2. The molecular weight excluding hydrogens is 925 g/mol. The number of carbonyl (C=O) groups excluding carboxylic acids is 2. The number of phenolic OH excluding ortho intramolecular Hbond substituents is 2. The topological polar surface area (TPSA) is 262 Å². The Kier molecular flexibility index (Phi) is 15.6. The van der Waals surface area contributed by atoms with Crippen molar-refractivity contribution < 1.29 is 45.7 Å². The summed E-state index contributed by atoms with van der Waals surface area (Å²) in [7, 11) is -9.60. The molecule has 8 rings (SSSR count). The first-order valence-electron chi connectivity index (χ1n) is 19.7. The summed E-state index contributed by atoms with van der Waals surface area (Å²) in [6.45, 7) is 3.29. The molecule has 0 saturated carbocycles. The summed E-state index contributed by atoms with van der Waals surface area (Å²) in [4.78, 5) is 24.7. The maximum atomic E-state index is 12.9. The van der Waals surface area contributed by atoms with E-state index in [0.717, 1.165) is 0 Å². The molecule has 0 heterocycles. The fraction of sp³-hybridized carbons (Fsp3) is 0.0417. The zero-order valence-electron chi connectivity index (χ0n) is 35.5. The first-order valence-corrected chi connectivity index (χ1v) is 22.5. The van der Waals surface area contributed by atoms with Crippen molar-refractivity contribution >= 4 is 125 Å². The predicted octanol–water partition coefficient (Wildman–Crippen LogP) is 10.5. The number of fused-ring (bicyclic) bond motifs is 2. The van der Waals surface area contributed by atoms with Gasteiger partial charge in [0.2, 0.25) is 0 Å². The summed E-state index contributed by atoms with van der Waals surface area (Å²) < 4.78 is 69.9. The molecule has 332 valence electrons. The molecule has 8 aromatic rings. The van der Waals surface area contributed by atoms with Gasteiger partial charge >= 0.3 is 37.7 Å². The quantitative estimate of drug-likeness (QED) is 0.0572. The van der Waals surface area contributed by atoms with Crippen LogP contribution in [0.25, 0.3) is 21.5 Å². The summed E-state index contributed by atoms with van der Waals surface area (Å²) in [6.07, 6.45) is 0. The Hall–Kier alpha value is -6.90. The number of azo groups is 2. The number of aryl methyl sites for hydroxylation is 2. The Morgan fingerprint density at radius 2 is 0.821 bits per heavy atom. The summed E-state index contributed by atoms with van der Waals surface area (Å²) in [6, 6.07) is 42.7. The standard InChI is InChI=1S/2C24H19N3O5S.Ca/c2*1-15-11-12-20(21(13-15)33(30,31)32)26-27-22-18-10-6-5-7-16(18)14-19(23(22)28)24(29)25-17-8-3-2-4-9-17;/h2*2-14,28H,1H3,(H,25,29)(H,30,31,32);/q;;+2/p-2. The van der Waals surface area contributed by atoms with Crippen molar-refractivity contribution in [1.29, 1.82) is 0 Å². The van der Waals surface area contributed by atoms with E-state index in [-0.39, 0.29) is 71.6 Å². The molecule has 0 spiro atoms. The van der Waals surface area contributed by atoms with Gasteiger partial charge in [0.15, 0.2) is 11.5 Å². The molecule has 0 fully saturated rings. The fourth-order valence-electron chi connectivity index (χ4n) is 6.64. The molecule has 16 nitrogen and oxygen atoms in total.